The van der Waals surface area contributed by atoms with Crippen molar-refractivity contribution in [3.05, 3.63) is 0 Å². The van der Waals surface area contributed by atoms with Crippen LogP contribution in [-0.2, 0) is 4.79 Å². The Labute approximate surface area is 92.4 Å². The number of aliphatic hydroxyl groups excluding tert-OH is 1. The molecule has 0 aromatic carbocycles. The van der Waals surface area contributed by atoms with E-state index < -0.39 is 6.10 Å². The fourth-order valence-electron chi connectivity index (χ4n) is 1.54. The molecular formula is C11H24N2O2. The van der Waals surface area contributed by atoms with E-state index in [0.29, 0.717) is 19.5 Å². The van der Waals surface area contributed by atoms with E-state index in [4.69, 9.17) is 0 Å². The number of rotatable bonds is 8. The third-order valence-corrected chi connectivity index (χ3v) is 2.70. The van der Waals surface area contributed by atoms with Crippen molar-refractivity contribution >= 4 is 5.91 Å². The summed E-state index contributed by atoms with van der Waals surface area (Å²) in [6.07, 6.45) is 1.94. The first-order valence-corrected chi connectivity index (χ1v) is 5.75. The van der Waals surface area contributed by atoms with E-state index in [1.807, 2.05) is 7.05 Å². The first-order chi connectivity index (χ1) is 7.15. The Morgan fingerprint density at radius 3 is 2.40 bits per heavy atom. The Bertz CT molecular complexity index is 170. The van der Waals surface area contributed by atoms with Gasteiger partial charge < -0.3 is 15.7 Å². The van der Waals surface area contributed by atoms with Crippen LogP contribution in [0.15, 0.2) is 0 Å². The molecule has 0 aliphatic rings. The molecule has 0 saturated heterocycles. The number of carbonyl (C=O) groups excluding carboxylic acids is 1. The van der Waals surface area contributed by atoms with E-state index in [1.54, 1.807) is 0 Å². The quantitative estimate of drug-likeness (QED) is 0.554. The number of carbonyl (C=O) groups is 1. The number of hydrogen-bond acceptors (Lipinski definition) is 3. The van der Waals surface area contributed by atoms with Gasteiger partial charge in [-0.25, -0.2) is 0 Å². The molecule has 0 aliphatic carbocycles. The minimum Gasteiger partial charge on any atom is -0.391 e. The van der Waals surface area contributed by atoms with E-state index in [1.165, 1.54) is 0 Å². The smallest absolute Gasteiger partial charge is 0.221 e. The maximum Gasteiger partial charge on any atom is 0.221 e. The topological polar surface area (TPSA) is 61.4 Å². The predicted molar refractivity (Wildman–Crippen MR) is 61.6 cm³/mol. The van der Waals surface area contributed by atoms with Crippen LogP contribution in [0.4, 0.5) is 0 Å². The summed E-state index contributed by atoms with van der Waals surface area (Å²) in [5.41, 5.74) is 0. The molecule has 90 valence electrons. The Hall–Kier alpha value is -0.610. The van der Waals surface area contributed by atoms with Crippen LogP contribution in [0.5, 0.6) is 0 Å². The Kier molecular flexibility index (Phi) is 8.33. The first-order valence-electron chi connectivity index (χ1n) is 5.75. The van der Waals surface area contributed by atoms with Gasteiger partial charge in [0.2, 0.25) is 5.91 Å². The molecule has 0 radical (unpaired) electrons. The van der Waals surface area contributed by atoms with Gasteiger partial charge in [-0.1, -0.05) is 26.7 Å². The Balaban J connectivity index is 3.68. The first kappa shape index (κ1) is 14.4. The molecule has 0 saturated carbocycles. The van der Waals surface area contributed by atoms with Gasteiger partial charge in [-0.05, 0) is 13.0 Å². The summed E-state index contributed by atoms with van der Waals surface area (Å²) in [5.74, 6) is 0.281. The van der Waals surface area contributed by atoms with Crippen molar-refractivity contribution in [2.24, 2.45) is 5.92 Å². The molecule has 0 rings (SSSR count). The van der Waals surface area contributed by atoms with Crippen LogP contribution < -0.4 is 10.6 Å². The second-order valence-corrected chi connectivity index (χ2v) is 3.80. The van der Waals surface area contributed by atoms with Gasteiger partial charge >= 0.3 is 0 Å². The van der Waals surface area contributed by atoms with Crippen molar-refractivity contribution in [2.75, 3.05) is 20.1 Å². The summed E-state index contributed by atoms with van der Waals surface area (Å²) in [4.78, 5) is 11.2. The molecule has 4 nitrogen and oxygen atoms in total. The molecule has 0 bridgehead atoms. The van der Waals surface area contributed by atoms with Crippen molar-refractivity contribution in [1.82, 2.24) is 10.6 Å². The third-order valence-electron chi connectivity index (χ3n) is 2.70. The molecule has 0 spiro atoms. The van der Waals surface area contributed by atoms with Gasteiger partial charge in [0.25, 0.3) is 0 Å². The van der Waals surface area contributed by atoms with Crippen LogP contribution in [0.3, 0.4) is 0 Å². The van der Waals surface area contributed by atoms with Crippen molar-refractivity contribution in [3.8, 4) is 0 Å². The summed E-state index contributed by atoms with van der Waals surface area (Å²) < 4.78 is 0. The highest BCUT2D eigenvalue weighted by Crippen LogP contribution is 2.12. The van der Waals surface area contributed by atoms with E-state index in [2.05, 4.69) is 24.5 Å². The Morgan fingerprint density at radius 1 is 1.33 bits per heavy atom. The standard InChI is InChI=1S/C11H24N2O2/c1-4-9(5-2)10(14)8-13-11(15)6-7-12-3/h9-10,12,14H,4-8H2,1-3H3,(H,13,15). The second kappa shape index (κ2) is 8.68. The van der Waals surface area contributed by atoms with Gasteiger partial charge in [-0.2, -0.15) is 0 Å². The number of hydrogen-bond donors (Lipinski definition) is 3. The lowest BCUT2D eigenvalue weighted by Crippen LogP contribution is -2.36. The average Bonchev–Trinajstić information content (AvgIpc) is 2.25. The lowest BCUT2D eigenvalue weighted by Gasteiger charge is -2.20. The van der Waals surface area contributed by atoms with Crippen LogP contribution in [0, 0.1) is 5.92 Å². The molecule has 0 heterocycles. The van der Waals surface area contributed by atoms with Gasteiger partial charge in [-0.3, -0.25) is 4.79 Å². The lowest BCUT2D eigenvalue weighted by atomic mass is 9.96. The number of nitrogens with one attached hydrogen (secondary N) is 2. The van der Waals surface area contributed by atoms with Crippen LogP contribution >= 0.6 is 0 Å². The predicted octanol–water partition coefficient (Wildman–Crippen LogP) is 0.509. The largest absolute Gasteiger partial charge is 0.391 e. The summed E-state index contributed by atoms with van der Waals surface area (Å²) in [6, 6.07) is 0. The monoisotopic (exact) mass is 216 g/mol. The molecular weight excluding hydrogens is 192 g/mol. The highest BCUT2D eigenvalue weighted by molar-refractivity contribution is 5.76. The molecule has 1 amide bonds. The van der Waals surface area contributed by atoms with Crippen LogP contribution in [0.2, 0.25) is 0 Å². The summed E-state index contributed by atoms with van der Waals surface area (Å²) in [7, 11) is 1.81. The minimum atomic E-state index is -0.418. The van der Waals surface area contributed by atoms with Gasteiger partial charge in [0.1, 0.15) is 0 Å². The zero-order valence-corrected chi connectivity index (χ0v) is 10.0. The molecule has 0 aromatic heterocycles. The molecule has 4 heteroatoms. The molecule has 0 aliphatic heterocycles. The van der Waals surface area contributed by atoms with E-state index in [-0.39, 0.29) is 11.8 Å². The molecule has 1 unspecified atom stereocenters. The molecule has 1 atom stereocenters. The second-order valence-electron chi connectivity index (χ2n) is 3.80. The summed E-state index contributed by atoms with van der Waals surface area (Å²) >= 11 is 0. The zero-order valence-electron chi connectivity index (χ0n) is 10.0. The zero-order chi connectivity index (χ0) is 11.7. The summed E-state index contributed by atoms with van der Waals surface area (Å²) in [6.45, 7) is 5.15. The van der Waals surface area contributed by atoms with Crippen LogP contribution in [0.1, 0.15) is 33.1 Å². The van der Waals surface area contributed by atoms with E-state index >= 15 is 0 Å². The lowest BCUT2D eigenvalue weighted by molar-refractivity contribution is -0.121. The third kappa shape index (κ3) is 6.47. The molecule has 15 heavy (non-hydrogen) atoms. The highest BCUT2D eigenvalue weighted by atomic mass is 16.3. The summed E-state index contributed by atoms with van der Waals surface area (Å²) in [5, 5.41) is 15.4. The van der Waals surface area contributed by atoms with Gasteiger partial charge in [0.15, 0.2) is 0 Å². The van der Waals surface area contributed by atoms with Gasteiger partial charge in [0, 0.05) is 19.5 Å². The van der Waals surface area contributed by atoms with Crippen molar-refractivity contribution in [2.45, 2.75) is 39.2 Å². The molecule has 3 N–H and O–H groups in total. The van der Waals surface area contributed by atoms with Crippen LogP contribution in [0.25, 0.3) is 0 Å². The molecule has 0 fully saturated rings. The van der Waals surface area contributed by atoms with Gasteiger partial charge in [-0.15, -0.1) is 0 Å². The van der Waals surface area contributed by atoms with Crippen molar-refractivity contribution in [3.63, 3.8) is 0 Å². The maximum absolute atomic E-state index is 11.2. The fourth-order valence-corrected chi connectivity index (χ4v) is 1.54. The highest BCUT2D eigenvalue weighted by Gasteiger charge is 2.15. The normalized spacial score (nSPS) is 12.9. The number of aliphatic hydroxyl groups is 1. The number of amides is 1. The molecule has 0 aromatic rings. The van der Waals surface area contributed by atoms with Gasteiger partial charge in [0.05, 0.1) is 6.10 Å². The Morgan fingerprint density at radius 2 is 1.93 bits per heavy atom. The fraction of sp³-hybridized carbons (Fsp3) is 0.909. The van der Waals surface area contributed by atoms with Crippen molar-refractivity contribution < 1.29 is 9.90 Å². The maximum atomic E-state index is 11.2. The SMILES string of the molecule is CCC(CC)C(O)CNC(=O)CCNC. The van der Waals surface area contributed by atoms with E-state index in [0.717, 1.165) is 12.8 Å². The minimum absolute atomic E-state index is 0.00523. The average molecular weight is 216 g/mol. The van der Waals surface area contributed by atoms with Crippen molar-refractivity contribution in [1.29, 1.82) is 0 Å². The van der Waals surface area contributed by atoms with Crippen LogP contribution in [-0.4, -0.2) is 37.3 Å². The van der Waals surface area contributed by atoms with E-state index in [9.17, 15) is 9.90 Å².